The van der Waals surface area contributed by atoms with E-state index in [2.05, 4.69) is 15.3 Å². The second kappa shape index (κ2) is 6.68. The number of nitrogens with one attached hydrogen (secondary N) is 1. The number of aromatic nitrogens is 2. The van der Waals surface area contributed by atoms with Gasteiger partial charge in [0, 0.05) is 0 Å². The van der Waals surface area contributed by atoms with Gasteiger partial charge in [0.15, 0.2) is 5.69 Å². The number of nitrogens with zero attached hydrogens (tertiary/aromatic N) is 3. The van der Waals surface area contributed by atoms with Crippen LogP contribution in [0, 0.1) is 0 Å². The standard InChI is InChI=1S/C16H11ClF3N5O/c17-12-7-6-9(8-11(12)16(18,19)20)22-23-13-14(21)24-25(15(13)26)10-4-2-1-3-5-10/h1-8,24H,21H2. The van der Waals surface area contributed by atoms with Gasteiger partial charge in [0.1, 0.15) is 5.82 Å². The maximum absolute atomic E-state index is 12.9. The number of nitrogen functional groups attached to an aromatic ring is 1. The van der Waals surface area contributed by atoms with E-state index in [1.807, 2.05) is 0 Å². The summed E-state index contributed by atoms with van der Waals surface area (Å²) in [5.74, 6) is -0.0624. The van der Waals surface area contributed by atoms with Crippen LogP contribution in [0.25, 0.3) is 5.69 Å². The van der Waals surface area contributed by atoms with Crippen molar-refractivity contribution in [3.05, 3.63) is 69.5 Å². The van der Waals surface area contributed by atoms with E-state index >= 15 is 0 Å². The fourth-order valence-corrected chi connectivity index (χ4v) is 2.43. The molecule has 10 heteroatoms. The molecule has 0 amide bonds. The molecule has 3 rings (SSSR count). The van der Waals surface area contributed by atoms with E-state index in [-0.39, 0.29) is 17.2 Å². The Morgan fingerprint density at radius 3 is 2.42 bits per heavy atom. The molecule has 3 N–H and O–H groups in total. The Hall–Kier alpha value is -3.07. The Morgan fingerprint density at radius 2 is 1.77 bits per heavy atom. The normalized spacial score (nSPS) is 12.0. The maximum Gasteiger partial charge on any atom is 0.417 e. The van der Waals surface area contributed by atoms with Crippen molar-refractivity contribution in [3.8, 4) is 5.69 Å². The van der Waals surface area contributed by atoms with Crippen molar-refractivity contribution >= 4 is 28.8 Å². The van der Waals surface area contributed by atoms with Gasteiger partial charge in [0.2, 0.25) is 0 Å². The van der Waals surface area contributed by atoms with Crippen LogP contribution < -0.4 is 11.3 Å². The average molecular weight is 382 g/mol. The van der Waals surface area contributed by atoms with Crippen LogP contribution in [0.3, 0.4) is 0 Å². The van der Waals surface area contributed by atoms with Gasteiger partial charge in [0.25, 0.3) is 0 Å². The first-order valence-corrected chi connectivity index (χ1v) is 7.59. The zero-order valence-electron chi connectivity index (χ0n) is 13.0. The number of anilines is 1. The smallest absolute Gasteiger partial charge is 0.382 e. The minimum atomic E-state index is -4.63. The molecule has 0 saturated heterocycles. The summed E-state index contributed by atoms with van der Waals surface area (Å²) in [6.45, 7) is 0. The Balaban J connectivity index is 1.98. The molecule has 0 unspecified atom stereocenters. The van der Waals surface area contributed by atoms with Crippen molar-refractivity contribution < 1.29 is 13.2 Å². The Bertz CT molecular complexity index is 1020. The number of halogens is 4. The highest BCUT2D eigenvalue weighted by Gasteiger charge is 2.33. The molecular formula is C16H11ClF3N5O. The lowest BCUT2D eigenvalue weighted by molar-refractivity contribution is -0.137. The largest absolute Gasteiger partial charge is 0.417 e. The molecule has 0 saturated carbocycles. The lowest BCUT2D eigenvalue weighted by Gasteiger charge is -2.08. The van der Waals surface area contributed by atoms with Gasteiger partial charge >= 0.3 is 11.7 Å². The highest BCUT2D eigenvalue weighted by molar-refractivity contribution is 6.31. The van der Waals surface area contributed by atoms with Crippen LogP contribution in [0.1, 0.15) is 5.56 Å². The van der Waals surface area contributed by atoms with Crippen LogP contribution in [0.4, 0.5) is 30.4 Å². The SMILES string of the molecule is Nc1[nH]n(-c2ccccc2)c(=O)c1N=Nc1ccc(Cl)c(C(F)(F)F)c1. The van der Waals surface area contributed by atoms with Gasteiger partial charge in [-0.25, -0.2) is 4.68 Å². The molecule has 1 aromatic heterocycles. The lowest BCUT2D eigenvalue weighted by atomic mass is 10.2. The molecule has 134 valence electrons. The molecular weight excluding hydrogens is 371 g/mol. The minimum absolute atomic E-state index is 0.0624. The molecule has 0 aliphatic carbocycles. The second-order valence-corrected chi connectivity index (χ2v) is 5.62. The topological polar surface area (TPSA) is 88.5 Å². The zero-order valence-corrected chi connectivity index (χ0v) is 13.7. The zero-order chi connectivity index (χ0) is 18.9. The monoisotopic (exact) mass is 381 g/mol. The molecule has 0 radical (unpaired) electrons. The van der Waals surface area contributed by atoms with Gasteiger partial charge in [-0.3, -0.25) is 9.89 Å². The van der Waals surface area contributed by atoms with Crippen molar-refractivity contribution in [2.75, 3.05) is 5.73 Å². The first-order chi connectivity index (χ1) is 12.3. The van der Waals surface area contributed by atoms with Crippen molar-refractivity contribution in [1.29, 1.82) is 0 Å². The summed E-state index contributed by atoms with van der Waals surface area (Å²) in [7, 11) is 0. The van der Waals surface area contributed by atoms with E-state index in [1.54, 1.807) is 30.3 Å². The van der Waals surface area contributed by atoms with E-state index in [4.69, 9.17) is 17.3 Å². The van der Waals surface area contributed by atoms with Crippen LogP contribution in [-0.2, 0) is 6.18 Å². The summed E-state index contributed by atoms with van der Waals surface area (Å²) in [5.41, 5.74) is 4.31. The van der Waals surface area contributed by atoms with Gasteiger partial charge in [0.05, 0.1) is 22.0 Å². The molecule has 6 nitrogen and oxygen atoms in total. The number of rotatable bonds is 3. The number of hydrogen-bond donors (Lipinski definition) is 2. The van der Waals surface area contributed by atoms with E-state index in [1.165, 1.54) is 6.07 Å². The predicted molar refractivity (Wildman–Crippen MR) is 91.4 cm³/mol. The number of benzene rings is 2. The summed E-state index contributed by atoms with van der Waals surface area (Å²) in [6.07, 6.45) is -4.63. The number of nitrogens with two attached hydrogens (primary N) is 1. The van der Waals surface area contributed by atoms with Gasteiger partial charge in [-0.1, -0.05) is 29.8 Å². The van der Waals surface area contributed by atoms with Crippen LogP contribution in [0.5, 0.6) is 0 Å². The minimum Gasteiger partial charge on any atom is -0.382 e. The third kappa shape index (κ3) is 3.47. The van der Waals surface area contributed by atoms with Crippen molar-refractivity contribution in [2.45, 2.75) is 6.18 Å². The Kier molecular flexibility index (Phi) is 4.56. The van der Waals surface area contributed by atoms with E-state index < -0.39 is 22.3 Å². The first kappa shape index (κ1) is 17.7. The van der Waals surface area contributed by atoms with Crippen molar-refractivity contribution in [1.82, 2.24) is 9.78 Å². The average Bonchev–Trinajstić information content (AvgIpc) is 2.88. The van der Waals surface area contributed by atoms with Gasteiger partial charge in [-0.15, -0.1) is 5.11 Å². The molecule has 2 aromatic carbocycles. The van der Waals surface area contributed by atoms with E-state index in [9.17, 15) is 18.0 Å². The van der Waals surface area contributed by atoms with Gasteiger partial charge in [-0.2, -0.15) is 18.3 Å². The van der Waals surface area contributed by atoms with Crippen LogP contribution in [0.15, 0.2) is 63.6 Å². The molecule has 0 aliphatic rings. The summed E-state index contributed by atoms with van der Waals surface area (Å²) >= 11 is 5.55. The molecule has 0 bridgehead atoms. The van der Waals surface area contributed by atoms with E-state index in [0.717, 1.165) is 16.8 Å². The highest BCUT2D eigenvalue weighted by Crippen LogP contribution is 2.37. The molecule has 0 fully saturated rings. The number of alkyl halides is 3. The number of H-pyrrole nitrogens is 1. The summed E-state index contributed by atoms with van der Waals surface area (Å²) in [6, 6.07) is 11.6. The van der Waals surface area contributed by atoms with Crippen LogP contribution in [-0.4, -0.2) is 9.78 Å². The van der Waals surface area contributed by atoms with Crippen molar-refractivity contribution in [2.24, 2.45) is 10.2 Å². The first-order valence-electron chi connectivity index (χ1n) is 7.22. The predicted octanol–water partition coefficient (Wildman–Crippen LogP) is 4.84. The fraction of sp³-hybridized carbons (Fsp3) is 0.0625. The van der Waals surface area contributed by atoms with Crippen LogP contribution >= 0.6 is 11.6 Å². The number of azo groups is 1. The van der Waals surface area contributed by atoms with E-state index in [0.29, 0.717) is 5.69 Å². The number of aromatic amines is 1. The summed E-state index contributed by atoms with van der Waals surface area (Å²) in [5, 5.41) is 9.56. The quantitative estimate of drug-likeness (QED) is 0.636. The molecule has 0 aliphatic heterocycles. The molecule has 0 spiro atoms. The second-order valence-electron chi connectivity index (χ2n) is 5.21. The lowest BCUT2D eigenvalue weighted by Crippen LogP contribution is -2.13. The summed E-state index contributed by atoms with van der Waals surface area (Å²) < 4.78 is 39.8. The third-order valence-corrected chi connectivity index (χ3v) is 3.76. The molecule has 3 aromatic rings. The maximum atomic E-state index is 12.9. The molecule has 1 heterocycles. The number of hydrogen-bond acceptors (Lipinski definition) is 4. The van der Waals surface area contributed by atoms with Gasteiger partial charge in [-0.05, 0) is 30.3 Å². The summed E-state index contributed by atoms with van der Waals surface area (Å²) in [4.78, 5) is 12.4. The fourth-order valence-electron chi connectivity index (χ4n) is 2.20. The Morgan fingerprint density at radius 1 is 1.08 bits per heavy atom. The van der Waals surface area contributed by atoms with Crippen LogP contribution in [0.2, 0.25) is 5.02 Å². The highest BCUT2D eigenvalue weighted by atomic mass is 35.5. The van der Waals surface area contributed by atoms with Gasteiger partial charge < -0.3 is 5.73 Å². The Labute approximate surface area is 149 Å². The van der Waals surface area contributed by atoms with Crippen molar-refractivity contribution in [3.63, 3.8) is 0 Å². The molecule has 26 heavy (non-hydrogen) atoms. The third-order valence-electron chi connectivity index (χ3n) is 3.43. The molecule has 0 atom stereocenters. The number of para-hydroxylation sites is 1.